The van der Waals surface area contributed by atoms with Gasteiger partial charge in [0.25, 0.3) is 0 Å². The maximum absolute atomic E-state index is 12.2. The summed E-state index contributed by atoms with van der Waals surface area (Å²) in [5, 5.41) is 36.3. The number of carbonyl (C=O) groups excluding carboxylic acids is 3. The number of anilines is 4. The molecule has 2 aliphatic rings. The van der Waals surface area contributed by atoms with Crippen molar-refractivity contribution in [1.29, 1.82) is 0 Å². The molecule has 0 heterocycles. The molecule has 0 saturated heterocycles. The van der Waals surface area contributed by atoms with Gasteiger partial charge in [0.2, 0.25) is 17.7 Å². The van der Waals surface area contributed by atoms with Gasteiger partial charge in [0.15, 0.2) is 11.5 Å². The number of carbonyl (C=O) groups is 4. The number of hydrogen-bond donors (Lipinski definition) is 7. The van der Waals surface area contributed by atoms with Crippen LogP contribution in [0.2, 0.25) is 10.0 Å². The lowest BCUT2D eigenvalue weighted by molar-refractivity contribution is -0.141. The second-order valence-corrected chi connectivity index (χ2v) is 14.1. The van der Waals surface area contributed by atoms with Gasteiger partial charge in [-0.2, -0.15) is 0 Å². The van der Waals surface area contributed by atoms with E-state index >= 15 is 0 Å². The summed E-state index contributed by atoms with van der Waals surface area (Å²) in [7, 11) is 0. The molecule has 0 aliphatic heterocycles. The maximum atomic E-state index is 12.2. The first-order chi connectivity index (χ1) is 25.9. The first kappa shape index (κ1) is 41.5. The fourth-order valence-corrected chi connectivity index (χ4v) is 6.24. The van der Waals surface area contributed by atoms with E-state index in [1.54, 1.807) is 0 Å². The van der Waals surface area contributed by atoms with Crippen molar-refractivity contribution in [2.75, 3.05) is 21.7 Å². The minimum absolute atomic E-state index is 0.0164. The van der Waals surface area contributed by atoms with Crippen LogP contribution in [-0.4, -0.2) is 39.0 Å². The van der Waals surface area contributed by atoms with Crippen LogP contribution in [0.1, 0.15) is 68.9 Å². The molecule has 11 nitrogen and oxygen atoms in total. The average molecular weight is 778 g/mol. The predicted octanol–water partition coefficient (Wildman–Crippen LogP) is 8.82. The number of halogens is 2. The number of aryl methyl sites for hydroxylation is 2. The van der Waals surface area contributed by atoms with E-state index in [9.17, 15) is 29.4 Å². The molecule has 0 spiro atoms. The lowest BCUT2D eigenvalue weighted by Crippen LogP contribution is -2.28. The molecule has 0 aromatic heterocycles. The number of nitrogen functional groups attached to an aromatic ring is 1. The summed E-state index contributed by atoms with van der Waals surface area (Å²) in [6.45, 7) is 0. The van der Waals surface area contributed by atoms with Gasteiger partial charge in [-0.05, 0) is 73.9 Å². The fourth-order valence-electron chi connectivity index (χ4n) is 5.79. The second kappa shape index (κ2) is 20.8. The molecule has 13 heteroatoms. The zero-order valence-corrected chi connectivity index (χ0v) is 31.3. The quantitative estimate of drug-likeness (QED) is 0.0446. The van der Waals surface area contributed by atoms with Crippen LogP contribution in [0, 0.1) is 11.8 Å². The van der Waals surface area contributed by atoms with Crippen molar-refractivity contribution in [2.45, 2.75) is 70.6 Å². The number of aromatic hydroxyl groups is 2. The fraction of sp³-hybridized carbons (Fsp3) is 0.317. The van der Waals surface area contributed by atoms with Gasteiger partial charge in [0.1, 0.15) is 0 Å². The van der Waals surface area contributed by atoms with Crippen molar-refractivity contribution in [2.24, 2.45) is 11.8 Å². The van der Waals surface area contributed by atoms with Gasteiger partial charge in [0, 0.05) is 30.1 Å². The lowest BCUT2D eigenvalue weighted by atomic mass is 9.85. The van der Waals surface area contributed by atoms with Gasteiger partial charge < -0.3 is 37.0 Å². The number of aliphatic carboxylic acids is 1. The summed E-state index contributed by atoms with van der Waals surface area (Å²) in [4.78, 5) is 46.3. The molecule has 286 valence electrons. The number of hydrogen-bond acceptors (Lipinski definition) is 7. The Labute approximate surface area is 324 Å². The second-order valence-electron chi connectivity index (χ2n) is 13.3. The Balaban J connectivity index is 0.000000204. The van der Waals surface area contributed by atoms with E-state index in [0.717, 1.165) is 56.1 Å². The molecule has 0 unspecified atom stereocenters. The van der Waals surface area contributed by atoms with Crippen molar-refractivity contribution >= 4 is 69.6 Å². The monoisotopic (exact) mass is 776 g/mol. The van der Waals surface area contributed by atoms with Gasteiger partial charge in [-0.25, -0.2) is 0 Å². The highest BCUT2D eigenvalue weighted by Crippen LogP contribution is 2.37. The molecule has 6 rings (SSSR count). The summed E-state index contributed by atoms with van der Waals surface area (Å²) in [6.07, 6.45) is 8.75. The molecule has 0 radical (unpaired) electrons. The Morgan fingerprint density at radius 2 is 1.09 bits per heavy atom. The molecular formula is C41H46Cl2N4O7. The van der Waals surface area contributed by atoms with Gasteiger partial charge in [-0.3, -0.25) is 19.2 Å². The molecule has 8 N–H and O–H groups in total. The molecular weight excluding hydrogens is 731 g/mol. The summed E-state index contributed by atoms with van der Waals surface area (Å²) >= 11 is 11.8. The minimum Gasteiger partial charge on any atom is -0.504 e. The Hall–Kier alpha value is -5.26. The van der Waals surface area contributed by atoms with E-state index in [2.05, 4.69) is 16.0 Å². The Kier molecular flexibility index (Phi) is 16.0. The molecule has 2 aliphatic carbocycles. The third-order valence-corrected chi connectivity index (χ3v) is 9.71. The maximum Gasteiger partial charge on any atom is 0.306 e. The topological polar surface area (TPSA) is 191 Å². The zero-order chi connectivity index (χ0) is 39.0. The van der Waals surface area contributed by atoms with Crippen LogP contribution in [0.5, 0.6) is 11.5 Å². The molecule has 54 heavy (non-hydrogen) atoms. The van der Waals surface area contributed by atoms with E-state index in [1.165, 1.54) is 24.3 Å². The number of phenols is 2. The van der Waals surface area contributed by atoms with Crippen molar-refractivity contribution in [3.05, 3.63) is 106 Å². The smallest absolute Gasteiger partial charge is 0.306 e. The number of rotatable bonds is 11. The first-order valence-corrected chi connectivity index (χ1v) is 18.7. The molecule has 2 saturated carbocycles. The van der Waals surface area contributed by atoms with Gasteiger partial charge in [-0.15, -0.1) is 0 Å². The summed E-state index contributed by atoms with van der Waals surface area (Å²) in [6, 6.07) is 25.4. The summed E-state index contributed by atoms with van der Waals surface area (Å²) in [5.41, 5.74) is 9.03. The molecule has 0 bridgehead atoms. The zero-order valence-electron chi connectivity index (χ0n) is 29.8. The highest BCUT2D eigenvalue weighted by molar-refractivity contribution is 6.33. The van der Waals surface area contributed by atoms with Gasteiger partial charge in [0.05, 0.1) is 27.3 Å². The van der Waals surface area contributed by atoms with Crippen LogP contribution in [-0.2, 0) is 32.0 Å². The van der Waals surface area contributed by atoms with E-state index in [1.807, 2.05) is 60.7 Å². The van der Waals surface area contributed by atoms with Crippen LogP contribution < -0.4 is 21.7 Å². The SMILES string of the molecule is Nc1cc(NC(=O)CCc2ccccc2)cc(Cl)c1O.O=C(CCc1ccccc1)Nc1cc(Cl)c(O)c(NC(=O)C2CCC2)c1.O=C(O)C1CCCC1. The molecule has 2 fully saturated rings. The number of carboxylic acids is 1. The van der Waals surface area contributed by atoms with Crippen molar-refractivity contribution < 1.29 is 34.5 Å². The van der Waals surface area contributed by atoms with Crippen molar-refractivity contribution in [3.8, 4) is 11.5 Å². The van der Waals surface area contributed by atoms with E-state index < -0.39 is 5.97 Å². The molecule has 0 atom stereocenters. The molecule has 3 amide bonds. The third kappa shape index (κ3) is 13.3. The summed E-state index contributed by atoms with van der Waals surface area (Å²) < 4.78 is 0. The van der Waals surface area contributed by atoms with Crippen LogP contribution in [0.15, 0.2) is 84.9 Å². The number of nitrogens with two attached hydrogens (primary N) is 1. The highest BCUT2D eigenvalue weighted by Gasteiger charge is 2.26. The normalized spacial score (nSPS) is 13.6. The van der Waals surface area contributed by atoms with Crippen molar-refractivity contribution in [3.63, 3.8) is 0 Å². The number of benzene rings is 4. The van der Waals surface area contributed by atoms with E-state index in [4.69, 9.17) is 34.0 Å². The van der Waals surface area contributed by atoms with Crippen LogP contribution >= 0.6 is 23.2 Å². The molecule has 4 aromatic carbocycles. The highest BCUT2D eigenvalue weighted by atomic mass is 35.5. The Morgan fingerprint density at radius 3 is 1.52 bits per heavy atom. The number of nitrogens with one attached hydrogen (secondary N) is 3. The van der Waals surface area contributed by atoms with Gasteiger partial charge >= 0.3 is 5.97 Å². The lowest BCUT2D eigenvalue weighted by Gasteiger charge is -2.24. The number of carboxylic acid groups (broad SMARTS) is 1. The standard InChI is InChI=1S/C20H21ClN2O3.C15H15ClN2O2.C6H10O2/c21-16-11-15(22-18(24)10-9-13-5-2-1-3-6-13)12-17(19(16)25)23-20(26)14-7-4-8-14;16-12-8-11(9-13(17)15(12)20)18-14(19)7-6-10-4-2-1-3-5-10;7-6(8)5-3-1-2-4-5/h1-3,5-6,11-12,14,25H,4,7-10H2,(H,22,24)(H,23,26);1-5,8-9,20H,6-7,17H2,(H,18,19);5H,1-4H2,(H,7,8). The minimum atomic E-state index is -0.609. The predicted molar refractivity (Wildman–Crippen MR) is 213 cm³/mol. The Morgan fingerprint density at radius 1 is 0.630 bits per heavy atom. The Bertz CT molecular complexity index is 1860. The first-order valence-electron chi connectivity index (χ1n) is 17.9. The van der Waals surface area contributed by atoms with Crippen LogP contribution in [0.3, 0.4) is 0 Å². The number of amides is 3. The molecule has 4 aromatic rings. The van der Waals surface area contributed by atoms with E-state index in [-0.39, 0.29) is 62.5 Å². The van der Waals surface area contributed by atoms with Crippen LogP contribution in [0.4, 0.5) is 22.7 Å². The van der Waals surface area contributed by atoms with Crippen molar-refractivity contribution in [1.82, 2.24) is 0 Å². The average Bonchev–Trinajstić information content (AvgIpc) is 3.68. The van der Waals surface area contributed by atoms with E-state index in [0.29, 0.717) is 37.1 Å². The number of phenolic OH excluding ortho intramolecular Hbond substituents is 2. The third-order valence-electron chi connectivity index (χ3n) is 9.13. The largest absolute Gasteiger partial charge is 0.504 e. The van der Waals surface area contributed by atoms with Gasteiger partial charge in [-0.1, -0.05) is 103 Å². The van der Waals surface area contributed by atoms with Crippen LogP contribution in [0.25, 0.3) is 0 Å². The summed E-state index contributed by atoms with van der Waals surface area (Å²) in [5.74, 6) is -1.43.